The van der Waals surface area contributed by atoms with Crippen LogP contribution in [0.2, 0.25) is 10.0 Å². The number of nitro groups is 1. The summed E-state index contributed by atoms with van der Waals surface area (Å²) in [5, 5.41) is 15.3. The van der Waals surface area contributed by atoms with Crippen LogP contribution in [0.15, 0.2) is 72.8 Å². The highest BCUT2D eigenvalue weighted by Crippen LogP contribution is 2.32. The summed E-state index contributed by atoms with van der Waals surface area (Å²) in [4.78, 5) is 28.2. The van der Waals surface area contributed by atoms with Gasteiger partial charge in [0.25, 0.3) is 11.6 Å². The van der Waals surface area contributed by atoms with E-state index < -0.39 is 10.8 Å². The summed E-state index contributed by atoms with van der Waals surface area (Å²) in [5.74, 6) is -0.416. The van der Waals surface area contributed by atoms with Crippen LogP contribution >= 0.6 is 23.2 Å². The molecule has 1 aromatic heterocycles. The van der Waals surface area contributed by atoms with Gasteiger partial charge in [0.15, 0.2) is 0 Å². The SMILES string of the molecule is O=C(Nc1cccc([N+](=O)[O-])c1)c1cc(-c2ccc(Cl)cc2Cl)nc2ccccc12. The standard InChI is InChI=1S/C22H13Cl2N3O3/c23-13-8-9-17(19(24)10-13)21-12-18(16-6-1-2-7-20(16)26-21)22(28)25-14-4-3-5-15(11-14)27(29)30/h1-12H,(H,25,28). The third-order valence-corrected chi connectivity index (χ3v) is 5.03. The fourth-order valence-electron chi connectivity index (χ4n) is 3.09. The summed E-state index contributed by atoms with van der Waals surface area (Å²) in [5.41, 5.74) is 2.34. The molecule has 0 fully saturated rings. The van der Waals surface area contributed by atoms with E-state index in [1.165, 1.54) is 18.2 Å². The summed E-state index contributed by atoms with van der Waals surface area (Å²) >= 11 is 12.3. The first kappa shape index (κ1) is 19.8. The number of aromatic nitrogens is 1. The lowest BCUT2D eigenvalue weighted by Crippen LogP contribution is -2.13. The van der Waals surface area contributed by atoms with Crippen molar-refractivity contribution in [1.29, 1.82) is 0 Å². The number of benzene rings is 3. The van der Waals surface area contributed by atoms with Crippen molar-refractivity contribution in [2.75, 3.05) is 5.32 Å². The van der Waals surface area contributed by atoms with Gasteiger partial charge in [-0.15, -0.1) is 0 Å². The molecule has 0 aliphatic rings. The lowest BCUT2D eigenvalue weighted by atomic mass is 10.0. The van der Waals surface area contributed by atoms with Crippen molar-refractivity contribution in [3.8, 4) is 11.3 Å². The van der Waals surface area contributed by atoms with Gasteiger partial charge in [-0.25, -0.2) is 4.98 Å². The van der Waals surface area contributed by atoms with E-state index >= 15 is 0 Å². The lowest BCUT2D eigenvalue weighted by Gasteiger charge is -2.11. The Kier molecular flexibility index (Phi) is 5.35. The van der Waals surface area contributed by atoms with Gasteiger partial charge in [0.1, 0.15) is 0 Å². The van der Waals surface area contributed by atoms with Gasteiger partial charge in [-0.3, -0.25) is 14.9 Å². The minimum Gasteiger partial charge on any atom is -0.322 e. The van der Waals surface area contributed by atoms with Crippen LogP contribution in [0.5, 0.6) is 0 Å². The molecule has 148 valence electrons. The van der Waals surface area contributed by atoms with Crippen LogP contribution in [0.4, 0.5) is 11.4 Å². The molecule has 1 amide bonds. The molecule has 6 nitrogen and oxygen atoms in total. The van der Waals surface area contributed by atoms with E-state index in [-0.39, 0.29) is 5.69 Å². The van der Waals surface area contributed by atoms with Crippen molar-refractivity contribution < 1.29 is 9.72 Å². The molecule has 0 spiro atoms. The topological polar surface area (TPSA) is 85.1 Å². The minimum absolute atomic E-state index is 0.110. The summed E-state index contributed by atoms with van der Waals surface area (Å²) < 4.78 is 0. The molecule has 30 heavy (non-hydrogen) atoms. The van der Waals surface area contributed by atoms with Gasteiger partial charge in [-0.2, -0.15) is 0 Å². The Hall–Kier alpha value is -3.48. The first-order chi connectivity index (χ1) is 14.4. The van der Waals surface area contributed by atoms with E-state index in [1.54, 1.807) is 42.5 Å². The number of carbonyl (C=O) groups excluding carboxylic acids is 1. The highest BCUT2D eigenvalue weighted by molar-refractivity contribution is 6.36. The van der Waals surface area contributed by atoms with Gasteiger partial charge in [0, 0.05) is 33.8 Å². The maximum atomic E-state index is 13.1. The number of anilines is 1. The maximum Gasteiger partial charge on any atom is 0.271 e. The number of rotatable bonds is 4. The molecule has 0 aliphatic carbocycles. The second kappa shape index (κ2) is 8.10. The summed E-state index contributed by atoms with van der Waals surface area (Å²) in [6, 6.07) is 19.7. The Balaban J connectivity index is 1.80. The first-order valence-electron chi connectivity index (χ1n) is 8.83. The van der Waals surface area contributed by atoms with Crippen LogP contribution in [-0.4, -0.2) is 15.8 Å². The fourth-order valence-corrected chi connectivity index (χ4v) is 3.60. The van der Waals surface area contributed by atoms with E-state index in [4.69, 9.17) is 23.2 Å². The maximum absolute atomic E-state index is 13.1. The molecule has 0 atom stereocenters. The molecule has 8 heteroatoms. The molecule has 1 N–H and O–H groups in total. The van der Waals surface area contributed by atoms with E-state index in [1.807, 2.05) is 12.1 Å². The molecule has 4 aromatic rings. The predicted molar refractivity (Wildman–Crippen MR) is 118 cm³/mol. The summed E-state index contributed by atoms with van der Waals surface area (Å²) in [6.07, 6.45) is 0. The number of hydrogen-bond acceptors (Lipinski definition) is 4. The molecule has 0 unspecified atom stereocenters. The predicted octanol–water partition coefficient (Wildman–Crippen LogP) is 6.37. The van der Waals surface area contributed by atoms with Crippen LogP contribution in [0.3, 0.4) is 0 Å². The number of halogens is 2. The smallest absolute Gasteiger partial charge is 0.271 e. The minimum atomic E-state index is -0.516. The third-order valence-electron chi connectivity index (χ3n) is 4.48. The first-order valence-corrected chi connectivity index (χ1v) is 9.59. The fraction of sp³-hybridized carbons (Fsp3) is 0. The monoisotopic (exact) mass is 437 g/mol. The third kappa shape index (κ3) is 3.96. The van der Waals surface area contributed by atoms with Crippen molar-refractivity contribution in [2.45, 2.75) is 0 Å². The number of fused-ring (bicyclic) bond motifs is 1. The normalized spacial score (nSPS) is 10.7. The Morgan fingerprint density at radius 2 is 1.77 bits per heavy atom. The largest absolute Gasteiger partial charge is 0.322 e. The Bertz CT molecular complexity index is 1310. The summed E-state index contributed by atoms with van der Waals surface area (Å²) in [6.45, 7) is 0. The van der Waals surface area contributed by atoms with E-state index in [2.05, 4.69) is 10.3 Å². The van der Waals surface area contributed by atoms with Gasteiger partial charge >= 0.3 is 0 Å². The van der Waals surface area contributed by atoms with E-state index in [0.29, 0.717) is 43.5 Å². The average molecular weight is 438 g/mol. The zero-order valence-electron chi connectivity index (χ0n) is 15.3. The second-order valence-corrected chi connectivity index (χ2v) is 7.30. The quantitative estimate of drug-likeness (QED) is 0.296. The number of non-ortho nitro benzene ring substituents is 1. The molecular weight excluding hydrogens is 425 g/mol. The van der Waals surface area contributed by atoms with Crippen LogP contribution < -0.4 is 5.32 Å². The highest BCUT2D eigenvalue weighted by atomic mass is 35.5. The van der Waals surface area contributed by atoms with Gasteiger partial charge in [-0.1, -0.05) is 47.5 Å². The number of pyridine rings is 1. The number of para-hydroxylation sites is 1. The van der Waals surface area contributed by atoms with Crippen molar-refractivity contribution in [1.82, 2.24) is 4.98 Å². The van der Waals surface area contributed by atoms with Crippen molar-refractivity contribution in [3.05, 3.63) is 98.5 Å². The Morgan fingerprint density at radius 1 is 0.967 bits per heavy atom. The van der Waals surface area contributed by atoms with Gasteiger partial charge < -0.3 is 5.32 Å². The molecule has 0 bridgehead atoms. The number of nitrogens with zero attached hydrogens (tertiary/aromatic N) is 2. The summed E-state index contributed by atoms with van der Waals surface area (Å²) in [7, 11) is 0. The number of nitrogens with one attached hydrogen (secondary N) is 1. The molecule has 0 saturated carbocycles. The van der Waals surface area contributed by atoms with Crippen molar-refractivity contribution in [2.24, 2.45) is 0 Å². The second-order valence-electron chi connectivity index (χ2n) is 6.46. The van der Waals surface area contributed by atoms with Crippen LogP contribution in [0.25, 0.3) is 22.2 Å². The molecule has 0 aliphatic heterocycles. The number of carbonyl (C=O) groups is 1. The van der Waals surface area contributed by atoms with Crippen LogP contribution in [0, 0.1) is 10.1 Å². The van der Waals surface area contributed by atoms with Crippen molar-refractivity contribution >= 4 is 51.4 Å². The van der Waals surface area contributed by atoms with Gasteiger partial charge in [-0.05, 0) is 36.4 Å². The average Bonchev–Trinajstić information content (AvgIpc) is 2.73. The number of amides is 1. The molecule has 0 saturated heterocycles. The number of hydrogen-bond donors (Lipinski definition) is 1. The molecule has 1 heterocycles. The lowest BCUT2D eigenvalue weighted by molar-refractivity contribution is -0.384. The van der Waals surface area contributed by atoms with Crippen molar-refractivity contribution in [3.63, 3.8) is 0 Å². The van der Waals surface area contributed by atoms with Gasteiger partial charge in [0.2, 0.25) is 0 Å². The molecule has 0 radical (unpaired) electrons. The molecular formula is C22H13Cl2N3O3. The van der Waals surface area contributed by atoms with Gasteiger partial charge in [0.05, 0.1) is 26.7 Å². The van der Waals surface area contributed by atoms with E-state index in [0.717, 1.165) is 0 Å². The van der Waals surface area contributed by atoms with Crippen LogP contribution in [-0.2, 0) is 0 Å². The number of nitro benzene ring substituents is 1. The molecule has 3 aromatic carbocycles. The van der Waals surface area contributed by atoms with Crippen LogP contribution in [0.1, 0.15) is 10.4 Å². The zero-order chi connectivity index (χ0) is 21.3. The van der Waals surface area contributed by atoms with E-state index in [9.17, 15) is 14.9 Å². The Labute approximate surface area is 181 Å². The molecule has 4 rings (SSSR count). The highest BCUT2D eigenvalue weighted by Gasteiger charge is 2.16. The zero-order valence-corrected chi connectivity index (χ0v) is 16.8. The Morgan fingerprint density at radius 3 is 2.53 bits per heavy atom.